The van der Waals surface area contributed by atoms with Crippen molar-refractivity contribution < 1.29 is 9.59 Å². The number of urea groups is 2. The van der Waals surface area contributed by atoms with Gasteiger partial charge in [0, 0.05) is 71.5 Å². The van der Waals surface area contributed by atoms with Gasteiger partial charge in [-0.25, -0.2) is 9.59 Å². The van der Waals surface area contributed by atoms with E-state index in [2.05, 4.69) is 154 Å². The van der Waals surface area contributed by atoms with Crippen molar-refractivity contribution in [2.75, 3.05) is 27.2 Å². The molecule has 8 nitrogen and oxygen atoms in total. The van der Waals surface area contributed by atoms with E-state index in [4.69, 9.17) is 0 Å². The highest BCUT2D eigenvalue weighted by atomic mass is 16.2. The molecule has 2 heterocycles. The van der Waals surface area contributed by atoms with Crippen molar-refractivity contribution in [2.24, 2.45) is 0 Å². The van der Waals surface area contributed by atoms with Crippen LogP contribution in [-0.4, -0.2) is 127 Å². The lowest BCUT2D eigenvalue weighted by atomic mass is 9.76. The number of hydrogen-bond donors (Lipinski definition) is 0. The van der Waals surface area contributed by atoms with Crippen LogP contribution in [0.15, 0.2) is 0 Å². The van der Waals surface area contributed by atoms with Gasteiger partial charge in [0.15, 0.2) is 0 Å². The molecule has 0 aromatic carbocycles. The Morgan fingerprint density at radius 3 is 0.917 bits per heavy atom. The number of carbonyl (C=O) groups excluding carboxylic acids is 2. The molecular weight excluding hydrogens is 596 g/mol. The third-order valence-corrected chi connectivity index (χ3v) is 13.2. The summed E-state index contributed by atoms with van der Waals surface area (Å²) >= 11 is 0. The molecule has 0 aromatic rings. The molecule has 2 fully saturated rings. The third kappa shape index (κ3) is 9.22. The normalized spacial score (nSPS) is 24.0. The van der Waals surface area contributed by atoms with Crippen molar-refractivity contribution in [3.05, 3.63) is 0 Å². The predicted molar refractivity (Wildman–Crippen MR) is 205 cm³/mol. The Hall–Kier alpha value is -1.54. The molecule has 0 saturated carbocycles. The summed E-state index contributed by atoms with van der Waals surface area (Å²) in [5.74, 6) is 0. The summed E-state index contributed by atoms with van der Waals surface area (Å²) in [6.07, 6.45) is 7.27. The van der Waals surface area contributed by atoms with E-state index in [1.54, 1.807) is 0 Å². The van der Waals surface area contributed by atoms with Crippen molar-refractivity contribution >= 4 is 12.1 Å². The molecule has 0 bridgehead atoms. The molecule has 0 spiro atoms. The topological polar surface area (TPSA) is 53.6 Å². The third-order valence-electron chi connectivity index (χ3n) is 13.2. The molecule has 0 radical (unpaired) electrons. The number of piperidine rings is 2. The molecule has 2 rings (SSSR count). The van der Waals surface area contributed by atoms with Crippen LogP contribution in [0.1, 0.15) is 162 Å². The van der Waals surface area contributed by atoms with Gasteiger partial charge in [0.1, 0.15) is 0 Å². The van der Waals surface area contributed by atoms with E-state index < -0.39 is 0 Å². The quantitative estimate of drug-likeness (QED) is 0.196. The zero-order valence-electron chi connectivity index (χ0n) is 35.0. The highest BCUT2D eigenvalue weighted by molar-refractivity contribution is 5.77. The molecule has 4 amide bonds. The van der Waals surface area contributed by atoms with Gasteiger partial charge in [-0.15, -0.1) is 0 Å². The van der Waals surface area contributed by atoms with Crippen molar-refractivity contribution in [3.8, 4) is 0 Å². The average Bonchev–Trinajstić information content (AvgIpc) is 2.99. The second kappa shape index (κ2) is 16.2. The maximum Gasteiger partial charge on any atom is 0.320 e. The Morgan fingerprint density at radius 2 is 0.729 bits per heavy atom. The largest absolute Gasteiger partial charge is 0.320 e. The number of rotatable bonds is 13. The highest BCUT2D eigenvalue weighted by Crippen LogP contribution is 2.41. The zero-order valence-corrected chi connectivity index (χ0v) is 35.0. The van der Waals surface area contributed by atoms with E-state index in [-0.39, 0.29) is 70.5 Å². The van der Waals surface area contributed by atoms with Crippen LogP contribution in [0.3, 0.4) is 0 Å². The van der Waals surface area contributed by atoms with Gasteiger partial charge in [-0.2, -0.15) is 0 Å². The Morgan fingerprint density at radius 1 is 0.521 bits per heavy atom. The fraction of sp³-hybridized carbons (Fsp3) is 0.950. The maximum absolute atomic E-state index is 15.0. The van der Waals surface area contributed by atoms with Crippen LogP contribution in [0.5, 0.6) is 0 Å². The lowest BCUT2D eigenvalue weighted by Crippen LogP contribution is -2.67. The molecule has 8 heteroatoms. The summed E-state index contributed by atoms with van der Waals surface area (Å²) in [6, 6.07) is 0.995. The first-order valence-corrected chi connectivity index (χ1v) is 19.6. The van der Waals surface area contributed by atoms with E-state index in [1.807, 2.05) is 0 Å². The SMILES string of the molecule is CCC(C)N(C(=O)N(CCN(C(=O)N(C(C)CC)C(C)CC)C1CC(C)(C)N(C)C(C)(C)C1)C1CC(C)(C)N(C)C(C)(C)C1)C(C)CC. The number of nitrogens with zero attached hydrogens (tertiary/aromatic N) is 6. The van der Waals surface area contributed by atoms with Gasteiger partial charge in [0.2, 0.25) is 0 Å². The number of hydrogen-bond acceptors (Lipinski definition) is 4. The van der Waals surface area contributed by atoms with Gasteiger partial charge in [-0.3, -0.25) is 9.80 Å². The molecular formula is C40H80N6O2. The van der Waals surface area contributed by atoms with E-state index in [0.717, 1.165) is 51.4 Å². The number of carbonyl (C=O) groups is 2. The van der Waals surface area contributed by atoms with Crippen molar-refractivity contribution in [2.45, 2.75) is 221 Å². The first kappa shape index (κ1) is 42.6. The standard InChI is InChI=1S/C40H80N6O2/c1-19-29(5)45(30(6)20-2)35(47)43(33-25-37(9,10)41(17)38(11,12)26-33)23-24-44(36(48)46(31(7)21-3)32(8)22-4)34-27-39(13,14)42(18)40(15,16)28-34/h29-34H,19-28H2,1-18H3. The van der Waals surface area contributed by atoms with E-state index in [9.17, 15) is 0 Å². The van der Waals surface area contributed by atoms with Crippen molar-refractivity contribution in [3.63, 3.8) is 0 Å². The van der Waals surface area contributed by atoms with Crippen LogP contribution < -0.4 is 0 Å². The molecule has 2 saturated heterocycles. The first-order chi connectivity index (χ1) is 21.9. The molecule has 4 atom stereocenters. The summed E-state index contributed by atoms with van der Waals surface area (Å²) < 4.78 is 0. The van der Waals surface area contributed by atoms with Crippen LogP contribution >= 0.6 is 0 Å². The minimum absolute atomic E-state index is 0.0655. The smallest absolute Gasteiger partial charge is 0.320 e. The van der Waals surface area contributed by atoms with Crippen LogP contribution in [0.25, 0.3) is 0 Å². The number of likely N-dealkylation sites (tertiary alicyclic amines) is 2. The van der Waals surface area contributed by atoms with Gasteiger partial charge in [0.05, 0.1) is 0 Å². The van der Waals surface area contributed by atoms with Gasteiger partial charge in [0.25, 0.3) is 0 Å². The molecule has 2 aliphatic rings. The Labute approximate surface area is 298 Å². The summed E-state index contributed by atoms with van der Waals surface area (Å²) in [6.45, 7) is 37.1. The second-order valence-corrected chi connectivity index (χ2v) is 18.3. The average molecular weight is 677 g/mol. The zero-order chi connectivity index (χ0) is 37.2. The molecule has 48 heavy (non-hydrogen) atoms. The van der Waals surface area contributed by atoms with Crippen LogP contribution in [-0.2, 0) is 0 Å². The summed E-state index contributed by atoms with van der Waals surface area (Å²) in [4.78, 5) is 43.7. The number of amides is 4. The van der Waals surface area contributed by atoms with Gasteiger partial charge in [-0.05, 0) is 149 Å². The van der Waals surface area contributed by atoms with E-state index >= 15 is 9.59 Å². The van der Waals surface area contributed by atoms with Crippen LogP contribution in [0.2, 0.25) is 0 Å². The minimum Gasteiger partial charge on any atom is -0.320 e. The molecule has 2 aliphatic heterocycles. The van der Waals surface area contributed by atoms with Gasteiger partial charge < -0.3 is 19.6 Å². The van der Waals surface area contributed by atoms with E-state index in [1.165, 1.54) is 0 Å². The van der Waals surface area contributed by atoms with Crippen molar-refractivity contribution in [1.82, 2.24) is 29.4 Å². The van der Waals surface area contributed by atoms with Gasteiger partial charge >= 0.3 is 12.1 Å². The lowest BCUT2D eigenvalue weighted by Gasteiger charge is -2.57. The fourth-order valence-corrected chi connectivity index (χ4v) is 8.87. The fourth-order valence-electron chi connectivity index (χ4n) is 8.87. The Bertz CT molecular complexity index is 918. The highest BCUT2D eigenvalue weighted by Gasteiger charge is 2.49. The minimum atomic E-state index is -0.0655. The summed E-state index contributed by atoms with van der Waals surface area (Å²) in [5, 5.41) is 0. The van der Waals surface area contributed by atoms with Crippen molar-refractivity contribution in [1.29, 1.82) is 0 Å². The second-order valence-electron chi connectivity index (χ2n) is 18.3. The predicted octanol–water partition coefficient (Wildman–Crippen LogP) is 8.93. The first-order valence-electron chi connectivity index (χ1n) is 19.6. The van der Waals surface area contributed by atoms with E-state index in [0.29, 0.717) is 13.1 Å². The summed E-state index contributed by atoms with van der Waals surface area (Å²) in [5.41, 5.74) is -0.262. The Balaban J connectivity index is 2.71. The molecule has 282 valence electrons. The molecule has 0 aliphatic carbocycles. The molecule has 0 aromatic heterocycles. The monoisotopic (exact) mass is 677 g/mol. The maximum atomic E-state index is 15.0. The van der Waals surface area contributed by atoms with Crippen LogP contribution in [0.4, 0.5) is 9.59 Å². The molecule has 4 unspecified atom stereocenters. The summed E-state index contributed by atoms with van der Waals surface area (Å²) in [7, 11) is 4.46. The molecule has 0 N–H and O–H groups in total. The van der Waals surface area contributed by atoms with Crippen LogP contribution in [0, 0.1) is 0 Å². The van der Waals surface area contributed by atoms with Gasteiger partial charge in [-0.1, -0.05) is 27.7 Å². The Kier molecular flexibility index (Phi) is 14.4. The lowest BCUT2D eigenvalue weighted by molar-refractivity contribution is -0.0530.